The maximum absolute atomic E-state index is 12.2. The first-order chi connectivity index (χ1) is 11.1. The van der Waals surface area contributed by atoms with Gasteiger partial charge in [-0.05, 0) is 38.0 Å². The number of aliphatic hydroxyl groups is 1. The number of carbonyl (C=O) groups is 1. The third-order valence-corrected chi connectivity index (χ3v) is 4.34. The van der Waals surface area contributed by atoms with E-state index in [0.29, 0.717) is 31.0 Å². The molecule has 1 amide bonds. The van der Waals surface area contributed by atoms with Crippen LogP contribution in [0.25, 0.3) is 0 Å². The van der Waals surface area contributed by atoms with Crippen LogP contribution in [-0.2, 0) is 5.60 Å². The highest BCUT2D eigenvalue weighted by Gasteiger charge is 2.29. The average Bonchev–Trinajstić information content (AvgIpc) is 3.26. The Labute approximate surface area is 135 Å². The van der Waals surface area contributed by atoms with Crippen molar-refractivity contribution < 1.29 is 18.7 Å². The predicted octanol–water partition coefficient (Wildman–Crippen LogP) is 1.97. The quantitative estimate of drug-likeness (QED) is 0.881. The maximum Gasteiger partial charge on any atom is 0.257 e. The fraction of sp³-hybridized carbons (Fsp3) is 0.471. The molecule has 0 aromatic carbocycles. The first kappa shape index (κ1) is 15.8. The van der Waals surface area contributed by atoms with Crippen molar-refractivity contribution in [1.29, 1.82) is 0 Å². The molecule has 0 spiro atoms. The third-order valence-electron chi connectivity index (χ3n) is 4.34. The summed E-state index contributed by atoms with van der Waals surface area (Å²) < 4.78 is 10.2. The number of carbonyl (C=O) groups excluding carboxylic acids is 1. The number of likely N-dealkylation sites (tertiary alicyclic amines) is 1. The molecular weight excluding hydrogens is 296 g/mol. The summed E-state index contributed by atoms with van der Waals surface area (Å²) in [7, 11) is 0. The van der Waals surface area contributed by atoms with E-state index < -0.39 is 5.60 Å². The highest BCUT2D eigenvalue weighted by Crippen LogP contribution is 2.21. The molecule has 1 aliphatic rings. The van der Waals surface area contributed by atoms with Crippen LogP contribution in [0.15, 0.2) is 45.8 Å². The Morgan fingerprint density at radius 3 is 2.78 bits per heavy atom. The molecule has 0 bridgehead atoms. The van der Waals surface area contributed by atoms with Crippen molar-refractivity contribution in [3.8, 4) is 0 Å². The summed E-state index contributed by atoms with van der Waals surface area (Å²) in [6.45, 7) is 3.55. The number of piperidine rings is 1. The first-order valence-electron chi connectivity index (χ1n) is 7.87. The van der Waals surface area contributed by atoms with Crippen molar-refractivity contribution in [3.63, 3.8) is 0 Å². The van der Waals surface area contributed by atoms with Crippen molar-refractivity contribution in [2.24, 2.45) is 0 Å². The Morgan fingerprint density at radius 2 is 2.17 bits per heavy atom. The minimum Gasteiger partial charge on any atom is -0.472 e. The zero-order chi connectivity index (χ0) is 16.3. The van der Waals surface area contributed by atoms with E-state index >= 15 is 0 Å². The van der Waals surface area contributed by atoms with Gasteiger partial charge in [-0.3, -0.25) is 4.79 Å². The van der Waals surface area contributed by atoms with E-state index in [1.807, 2.05) is 4.90 Å². The summed E-state index contributed by atoms with van der Waals surface area (Å²) >= 11 is 0. The van der Waals surface area contributed by atoms with Crippen LogP contribution in [0.1, 0.15) is 35.9 Å². The lowest BCUT2D eigenvalue weighted by Gasteiger charge is -2.33. The van der Waals surface area contributed by atoms with E-state index in [1.54, 1.807) is 31.4 Å². The SMILES string of the molecule is C[C@@](O)(CNC1CCN(C(=O)c2ccoc2)CC1)c1ccco1. The summed E-state index contributed by atoms with van der Waals surface area (Å²) in [5.74, 6) is 0.567. The number of hydrogen-bond donors (Lipinski definition) is 2. The lowest BCUT2D eigenvalue weighted by atomic mass is 10.00. The van der Waals surface area contributed by atoms with Crippen LogP contribution >= 0.6 is 0 Å². The second kappa shape index (κ2) is 6.60. The zero-order valence-electron chi connectivity index (χ0n) is 13.2. The molecule has 3 rings (SSSR count). The Bertz CT molecular complexity index is 611. The van der Waals surface area contributed by atoms with Crippen LogP contribution in [0.4, 0.5) is 0 Å². The Hall–Kier alpha value is -2.05. The number of rotatable bonds is 5. The molecule has 1 aliphatic heterocycles. The smallest absolute Gasteiger partial charge is 0.257 e. The van der Waals surface area contributed by atoms with Crippen molar-refractivity contribution in [2.45, 2.75) is 31.4 Å². The number of nitrogens with one attached hydrogen (secondary N) is 1. The van der Waals surface area contributed by atoms with Gasteiger partial charge in [0.25, 0.3) is 5.91 Å². The number of amides is 1. The van der Waals surface area contributed by atoms with Crippen molar-refractivity contribution in [3.05, 3.63) is 48.3 Å². The van der Waals surface area contributed by atoms with Gasteiger partial charge in [-0.15, -0.1) is 0 Å². The van der Waals surface area contributed by atoms with E-state index in [1.165, 1.54) is 12.5 Å². The van der Waals surface area contributed by atoms with Gasteiger partial charge in [-0.2, -0.15) is 0 Å². The van der Waals surface area contributed by atoms with Gasteiger partial charge in [0.15, 0.2) is 0 Å². The van der Waals surface area contributed by atoms with Crippen LogP contribution in [0, 0.1) is 0 Å². The molecule has 6 nitrogen and oxygen atoms in total. The Balaban J connectivity index is 1.47. The summed E-state index contributed by atoms with van der Waals surface area (Å²) in [5.41, 5.74) is -0.440. The van der Waals surface area contributed by atoms with Crippen LogP contribution in [0.5, 0.6) is 0 Å². The molecular formula is C17H22N2O4. The second-order valence-electron chi connectivity index (χ2n) is 6.21. The molecule has 6 heteroatoms. The minimum absolute atomic E-state index is 0.0137. The summed E-state index contributed by atoms with van der Waals surface area (Å²) in [4.78, 5) is 14.1. The molecule has 0 unspecified atom stereocenters. The van der Waals surface area contributed by atoms with Crippen LogP contribution in [-0.4, -0.2) is 41.6 Å². The van der Waals surface area contributed by atoms with Gasteiger partial charge in [0.05, 0.1) is 18.1 Å². The van der Waals surface area contributed by atoms with Gasteiger partial charge in [-0.1, -0.05) is 0 Å². The first-order valence-corrected chi connectivity index (χ1v) is 7.87. The fourth-order valence-corrected chi connectivity index (χ4v) is 2.87. The number of nitrogens with zero attached hydrogens (tertiary/aromatic N) is 1. The van der Waals surface area contributed by atoms with Crippen molar-refractivity contribution in [1.82, 2.24) is 10.2 Å². The van der Waals surface area contributed by atoms with Gasteiger partial charge in [0.1, 0.15) is 17.6 Å². The topological polar surface area (TPSA) is 78.9 Å². The van der Waals surface area contributed by atoms with Crippen molar-refractivity contribution in [2.75, 3.05) is 19.6 Å². The third kappa shape index (κ3) is 3.65. The van der Waals surface area contributed by atoms with E-state index in [-0.39, 0.29) is 11.9 Å². The highest BCUT2D eigenvalue weighted by atomic mass is 16.4. The van der Waals surface area contributed by atoms with Gasteiger partial charge in [-0.25, -0.2) is 0 Å². The van der Waals surface area contributed by atoms with Crippen LogP contribution in [0.2, 0.25) is 0 Å². The zero-order valence-corrected chi connectivity index (χ0v) is 13.2. The van der Waals surface area contributed by atoms with E-state index in [9.17, 15) is 9.90 Å². The fourth-order valence-electron chi connectivity index (χ4n) is 2.87. The van der Waals surface area contributed by atoms with E-state index in [0.717, 1.165) is 12.8 Å². The van der Waals surface area contributed by atoms with Gasteiger partial charge in [0, 0.05) is 25.7 Å². The summed E-state index contributed by atoms with van der Waals surface area (Å²) in [6, 6.07) is 5.51. The molecule has 0 aliphatic carbocycles. The standard InChI is InChI=1S/C17H22N2O4/c1-17(21,15-3-2-9-23-15)12-18-14-4-7-19(8-5-14)16(20)13-6-10-22-11-13/h2-3,6,9-11,14,18,21H,4-5,7-8,12H2,1H3/t17-/m1/s1. The normalized spacial score (nSPS) is 18.8. The number of hydrogen-bond acceptors (Lipinski definition) is 5. The minimum atomic E-state index is -1.03. The van der Waals surface area contributed by atoms with Gasteiger partial charge < -0.3 is 24.2 Å². The Morgan fingerprint density at radius 1 is 1.39 bits per heavy atom. The molecule has 2 aromatic rings. The second-order valence-corrected chi connectivity index (χ2v) is 6.21. The predicted molar refractivity (Wildman–Crippen MR) is 83.9 cm³/mol. The lowest BCUT2D eigenvalue weighted by molar-refractivity contribution is 0.0284. The molecule has 2 aromatic heterocycles. The summed E-state index contributed by atoms with van der Waals surface area (Å²) in [5, 5.41) is 13.8. The highest BCUT2D eigenvalue weighted by molar-refractivity contribution is 5.93. The monoisotopic (exact) mass is 318 g/mol. The molecule has 1 fully saturated rings. The van der Waals surface area contributed by atoms with Crippen molar-refractivity contribution >= 4 is 5.91 Å². The van der Waals surface area contributed by atoms with Crippen LogP contribution < -0.4 is 5.32 Å². The number of furan rings is 2. The Kier molecular flexibility index (Phi) is 4.54. The molecule has 1 saturated heterocycles. The summed E-state index contributed by atoms with van der Waals surface area (Å²) in [6.07, 6.45) is 6.27. The molecule has 23 heavy (non-hydrogen) atoms. The van der Waals surface area contributed by atoms with E-state index in [2.05, 4.69) is 5.32 Å². The molecule has 0 radical (unpaired) electrons. The van der Waals surface area contributed by atoms with Gasteiger partial charge >= 0.3 is 0 Å². The van der Waals surface area contributed by atoms with E-state index in [4.69, 9.17) is 8.83 Å². The maximum atomic E-state index is 12.2. The largest absolute Gasteiger partial charge is 0.472 e. The van der Waals surface area contributed by atoms with Gasteiger partial charge in [0.2, 0.25) is 0 Å². The molecule has 3 heterocycles. The lowest BCUT2D eigenvalue weighted by Crippen LogP contribution is -2.48. The average molecular weight is 318 g/mol. The molecule has 0 saturated carbocycles. The van der Waals surface area contributed by atoms with Crippen LogP contribution in [0.3, 0.4) is 0 Å². The molecule has 124 valence electrons. The molecule has 1 atom stereocenters. The molecule has 2 N–H and O–H groups in total.